The minimum absolute atomic E-state index is 0.00289. The molecule has 2 aromatic carbocycles. The van der Waals surface area contributed by atoms with E-state index in [1.165, 1.54) is 0 Å². The lowest BCUT2D eigenvalue weighted by molar-refractivity contribution is 0.0977. The number of hydrogen-bond acceptors (Lipinski definition) is 4. The fourth-order valence-corrected chi connectivity index (χ4v) is 2.26. The van der Waals surface area contributed by atoms with Gasteiger partial charge in [0.05, 0.1) is 12.8 Å². The zero-order valence-electron chi connectivity index (χ0n) is 11.4. The van der Waals surface area contributed by atoms with Crippen LogP contribution < -0.4 is 16.2 Å². The normalized spacial score (nSPS) is 10.7. The molecule has 1 heterocycles. The molecule has 0 radical (unpaired) electrons. The summed E-state index contributed by atoms with van der Waals surface area (Å²) in [5, 5.41) is 0.682. The maximum Gasteiger partial charge on any atom is 0.286 e. The van der Waals surface area contributed by atoms with Crippen molar-refractivity contribution in [1.82, 2.24) is 0 Å². The van der Waals surface area contributed by atoms with Gasteiger partial charge in [0.2, 0.25) is 5.76 Å². The third kappa shape index (κ3) is 2.18. The van der Waals surface area contributed by atoms with Gasteiger partial charge in [-0.1, -0.05) is 18.2 Å². The topological polar surface area (TPSA) is 91.5 Å². The number of nitrogens with two attached hydrogens (primary N) is 2. The number of primary amides is 1. The van der Waals surface area contributed by atoms with Gasteiger partial charge < -0.3 is 20.6 Å². The van der Waals surface area contributed by atoms with E-state index in [0.717, 1.165) is 16.9 Å². The van der Waals surface area contributed by atoms with Crippen molar-refractivity contribution in [2.75, 3.05) is 12.8 Å². The van der Waals surface area contributed by atoms with E-state index in [1.54, 1.807) is 7.11 Å². The van der Waals surface area contributed by atoms with Gasteiger partial charge in [0, 0.05) is 5.39 Å². The van der Waals surface area contributed by atoms with E-state index in [9.17, 15) is 4.79 Å². The predicted octanol–water partition coefficient (Wildman–Crippen LogP) is 2.79. The standard InChI is InChI=1S/C16H14N2O3/c1-20-11-5-2-9(3-6-11)10-4-7-12-13(8-10)21-15(14(12)17)16(18)19/h2-8H,17H2,1H3,(H2,18,19). The number of rotatable bonds is 3. The molecule has 0 atom stereocenters. The van der Waals surface area contributed by atoms with Crippen LogP contribution in [0, 0.1) is 0 Å². The summed E-state index contributed by atoms with van der Waals surface area (Å²) in [4.78, 5) is 11.3. The number of hydrogen-bond donors (Lipinski definition) is 2. The monoisotopic (exact) mass is 282 g/mol. The Bertz CT molecular complexity index is 819. The summed E-state index contributed by atoms with van der Waals surface area (Å²) in [5.41, 5.74) is 13.9. The second-order valence-electron chi connectivity index (χ2n) is 4.65. The van der Waals surface area contributed by atoms with Crippen molar-refractivity contribution in [2.45, 2.75) is 0 Å². The van der Waals surface area contributed by atoms with Gasteiger partial charge in [0.1, 0.15) is 11.3 Å². The van der Waals surface area contributed by atoms with E-state index in [4.69, 9.17) is 20.6 Å². The number of fused-ring (bicyclic) bond motifs is 1. The third-order valence-electron chi connectivity index (χ3n) is 3.38. The second kappa shape index (κ2) is 4.86. The molecule has 1 aromatic heterocycles. The quantitative estimate of drug-likeness (QED) is 0.772. The Hall–Kier alpha value is -2.95. The molecule has 106 valence electrons. The van der Waals surface area contributed by atoms with Crippen molar-refractivity contribution in [1.29, 1.82) is 0 Å². The first kappa shape index (κ1) is 13.1. The zero-order chi connectivity index (χ0) is 15.0. The van der Waals surface area contributed by atoms with E-state index in [1.807, 2.05) is 42.5 Å². The molecule has 21 heavy (non-hydrogen) atoms. The van der Waals surface area contributed by atoms with Crippen molar-refractivity contribution in [3.05, 3.63) is 48.2 Å². The van der Waals surface area contributed by atoms with Gasteiger partial charge in [-0.2, -0.15) is 0 Å². The number of methoxy groups -OCH3 is 1. The van der Waals surface area contributed by atoms with Crippen molar-refractivity contribution < 1.29 is 13.9 Å². The minimum Gasteiger partial charge on any atom is -0.497 e. The lowest BCUT2D eigenvalue weighted by atomic mass is 10.0. The second-order valence-corrected chi connectivity index (χ2v) is 4.65. The van der Waals surface area contributed by atoms with Crippen LogP contribution in [0.15, 0.2) is 46.9 Å². The van der Waals surface area contributed by atoms with Crippen LogP contribution in [0.1, 0.15) is 10.6 Å². The fraction of sp³-hybridized carbons (Fsp3) is 0.0625. The summed E-state index contributed by atoms with van der Waals surface area (Å²) >= 11 is 0. The van der Waals surface area contributed by atoms with Crippen molar-refractivity contribution in [3.63, 3.8) is 0 Å². The number of ether oxygens (including phenoxy) is 1. The third-order valence-corrected chi connectivity index (χ3v) is 3.38. The zero-order valence-corrected chi connectivity index (χ0v) is 11.4. The van der Waals surface area contributed by atoms with Gasteiger partial charge in [-0.15, -0.1) is 0 Å². The Morgan fingerprint density at radius 3 is 2.38 bits per heavy atom. The van der Waals surface area contributed by atoms with Crippen LogP contribution in [0.5, 0.6) is 5.75 Å². The molecule has 5 nitrogen and oxygen atoms in total. The van der Waals surface area contributed by atoms with Crippen LogP contribution in [0.25, 0.3) is 22.1 Å². The maximum atomic E-state index is 11.3. The Morgan fingerprint density at radius 2 is 1.76 bits per heavy atom. The lowest BCUT2D eigenvalue weighted by Crippen LogP contribution is -2.11. The number of carbonyl (C=O) groups excluding carboxylic acids is 1. The molecule has 0 saturated carbocycles. The highest BCUT2D eigenvalue weighted by Gasteiger charge is 2.16. The van der Waals surface area contributed by atoms with E-state index in [-0.39, 0.29) is 11.4 Å². The Kier molecular flexibility index (Phi) is 3.02. The number of anilines is 1. The van der Waals surface area contributed by atoms with Crippen LogP contribution in [0.2, 0.25) is 0 Å². The highest BCUT2D eigenvalue weighted by atomic mass is 16.5. The Balaban J connectivity index is 2.09. The van der Waals surface area contributed by atoms with Crippen molar-refractivity contribution in [3.8, 4) is 16.9 Å². The Morgan fingerprint density at radius 1 is 1.10 bits per heavy atom. The van der Waals surface area contributed by atoms with Gasteiger partial charge in [-0.3, -0.25) is 4.79 Å². The summed E-state index contributed by atoms with van der Waals surface area (Å²) in [6.45, 7) is 0. The molecule has 0 unspecified atom stereocenters. The smallest absolute Gasteiger partial charge is 0.286 e. The number of carbonyl (C=O) groups is 1. The molecule has 4 N–H and O–H groups in total. The SMILES string of the molecule is COc1ccc(-c2ccc3c(N)c(C(N)=O)oc3c2)cc1. The van der Waals surface area contributed by atoms with Crippen LogP contribution in [-0.2, 0) is 0 Å². The molecule has 0 fully saturated rings. The van der Waals surface area contributed by atoms with Crippen molar-refractivity contribution >= 4 is 22.6 Å². The molecule has 5 heteroatoms. The summed E-state index contributed by atoms with van der Waals surface area (Å²) in [6, 6.07) is 13.2. The lowest BCUT2D eigenvalue weighted by Gasteiger charge is -2.03. The average Bonchev–Trinajstić information content (AvgIpc) is 2.84. The van der Waals surface area contributed by atoms with Crippen LogP contribution in [0.4, 0.5) is 5.69 Å². The molecule has 1 amide bonds. The highest BCUT2D eigenvalue weighted by molar-refractivity contribution is 6.05. The van der Waals surface area contributed by atoms with Gasteiger partial charge in [0.15, 0.2) is 0 Å². The fourth-order valence-electron chi connectivity index (χ4n) is 2.26. The molecule has 0 aliphatic carbocycles. The average molecular weight is 282 g/mol. The van der Waals surface area contributed by atoms with Gasteiger partial charge in [0.25, 0.3) is 5.91 Å². The molecule has 0 saturated heterocycles. The van der Waals surface area contributed by atoms with Gasteiger partial charge in [-0.25, -0.2) is 0 Å². The molecule has 0 aliphatic heterocycles. The van der Waals surface area contributed by atoms with Crippen LogP contribution in [-0.4, -0.2) is 13.0 Å². The first-order valence-electron chi connectivity index (χ1n) is 6.36. The largest absolute Gasteiger partial charge is 0.497 e. The number of benzene rings is 2. The predicted molar refractivity (Wildman–Crippen MR) is 81.1 cm³/mol. The molecule has 0 bridgehead atoms. The van der Waals surface area contributed by atoms with Crippen molar-refractivity contribution in [2.24, 2.45) is 5.73 Å². The molecular weight excluding hydrogens is 268 g/mol. The maximum absolute atomic E-state index is 11.3. The molecular formula is C16H14N2O3. The minimum atomic E-state index is -0.672. The molecule has 3 aromatic rings. The van der Waals surface area contributed by atoms with E-state index in [2.05, 4.69) is 0 Å². The van der Waals surface area contributed by atoms with E-state index in [0.29, 0.717) is 11.0 Å². The summed E-state index contributed by atoms with van der Waals surface area (Å²) in [7, 11) is 1.62. The van der Waals surface area contributed by atoms with Gasteiger partial charge >= 0.3 is 0 Å². The van der Waals surface area contributed by atoms with Gasteiger partial charge in [-0.05, 0) is 35.4 Å². The summed E-state index contributed by atoms with van der Waals surface area (Å²) < 4.78 is 10.6. The van der Waals surface area contributed by atoms with Crippen LogP contribution >= 0.6 is 0 Å². The van der Waals surface area contributed by atoms with Crippen LogP contribution in [0.3, 0.4) is 0 Å². The van der Waals surface area contributed by atoms with E-state index >= 15 is 0 Å². The first-order chi connectivity index (χ1) is 10.1. The summed E-state index contributed by atoms with van der Waals surface area (Å²) in [6.07, 6.45) is 0. The molecule has 3 rings (SSSR count). The number of amides is 1. The summed E-state index contributed by atoms with van der Waals surface area (Å²) in [5.74, 6) is 0.115. The van der Waals surface area contributed by atoms with E-state index < -0.39 is 5.91 Å². The molecule has 0 spiro atoms. The Labute approximate surface area is 121 Å². The first-order valence-corrected chi connectivity index (χ1v) is 6.36. The number of furan rings is 1. The number of nitrogen functional groups attached to an aromatic ring is 1. The highest BCUT2D eigenvalue weighted by Crippen LogP contribution is 2.32. The molecule has 0 aliphatic rings.